The van der Waals surface area contributed by atoms with Gasteiger partial charge < -0.3 is 0 Å². The first-order chi connectivity index (χ1) is 7.86. The Kier molecular flexibility index (Phi) is 11.4. The van der Waals surface area contributed by atoms with Crippen molar-refractivity contribution in [3.8, 4) is 0 Å². The fourth-order valence-electron chi connectivity index (χ4n) is 1.74. The molecule has 2 rings (SSSR count). The van der Waals surface area contributed by atoms with E-state index in [2.05, 4.69) is 62.4 Å². The molecule has 0 bridgehead atoms. The van der Waals surface area contributed by atoms with Crippen molar-refractivity contribution in [1.82, 2.24) is 0 Å². The molecule has 2 aromatic rings. The maximum absolute atomic E-state index is 2.20. The molecule has 2 aromatic carbocycles. The smallest absolute Gasteiger partial charge is 0.213 e. The Labute approximate surface area is 143 Å². The maximum Gasteiger partial charge on any atom is 2.00 e. The first-order valence-electron chi connectivity index (χ1n) is 6.28. The summed E-state index contributed by atoms with van der Waals surface area (Å²) in [5.74, 6) is 0. The third-order valence-electron chi connectivity index (χ3n) is 2.54. The molecule has 0 saturated heterocycles. The summed E-state index contributed by atoms with van der Waals surface area (Å²) < 4.78 is 0. The summed E-state index contributed by atoms with van der Waals surface area (Å²) in [6.07, 6.45) is 4.97. The minimum absolute atomic E-state index is 0. The van der Waals surface area contributed by atoms with Crippen LogP contribution < -0.4 is 0 Å². The van der Waals surface area contributed by atoms with E-state index in [-0.39, 0.29) is 45.5 Å². The summed E-state index contributed by atoms with van der Waals surface area (Å²) in [5.41, 5.74) is 2.93. The molecule has 0 N–H and O–H groups in total. The van der Waals surface area contributed by atoms with Gasteiger partial charge in [-0.2, -0.15) is 35.4 Å². The first kappa shape index (κ1) is 17.2. The van der Waals surface area contributed by atoms with Crippen molar-refractivity contribution < 1.29 is 0 Å². The Balaban J connectivity index is 0.000000284. The summed E-state index contributed by atoms with van der Waals surface area (Å²) in [5, 5.41) is 0. The van der Waals surface area contributed by atoms with Crippen LogP contribution in [0.25, 0.3) is 0 Å². The molecule has 0 fully saturated rings. The predicted molar refractivity (Wildman–Crippen MR) is 77.8 cm³/mol. The van der Waals surface area contributed by atoms with Crippen LogP contribution in [0.4, 0.5) is 0 Å². The van der Waals surface area contributed by atoms with Gasteiger partial charge in [0.05, 0.1) is 0 Å². The van der Waals surface area contributed by atoms with Gasteiger partial charge in [-0.25, -0.2) is 24.3 Å². The summed E-state index contributed by atoms with van der Waals surface area (Å²) in [4.78, 5) is 0. The average molecular weight is 302 g/mol. The van der Waals surface area contributed by atoms with Crippen molar-refractivity contribution in [2.24, 2.45) is 0 Å². The second-order valence-electron chi connectivity index (χ2n) is 4.09. The fourth-order valence-corrected chi connectivity index (χ4v) is 1.74. The zero-order chi connectivity index (χ0) is 11.6. The molecular formula is C16H22Sr. The Hall–Kier alpha value is 0.181. The molecule has 17 heavy (non-hydrogen) atoms. The molecule has 0 aliphatic heterocycles. The molecule has 88 valence electrons. The Morgan fingerprint density at radius 1 is 0.647 bits per heavy atom. The first-order valence-corrected chi connectivity index (χ1v) is 6.28. The Morgan fingerprint density at radius 2 is 0.941 bits per heavy atom. The molecule has 1 heteroatoms. The molecule has 0 aromatic heterocycles. The van der Waals surface area contributed by atoms with Crippen molar-refractivity contribution in [3.05, 3.63) is 59.7 Å². The van der Waals surface area contributed by atoms with Crippen LogP contribution in [0.1, 0.15) is 37.8 Å². The topological polar surface area (TPSA) is 0 Å². The monoisotopic (exact) mass is 302 g/mol. The van der Waals surface area contributed by atoms with E-state index in [0.717, 1.165) is 0 Å². The van der Waals surface area contributed by atoms with Crippen LogP contribution in [0.3, 0.4) is 0 Å². The third kappa shape index (κ3) is 7.99. The number of hydrogen-bond donors (Lipinski definition) is 0. The summed E-state index contributed by atoms with van der Waals surface area (Å²) >= 11 is 0. The van der Waals surface area contributed by atoms with Gasteiger partial charge in [0.25, 0.3) is 0 Å². The van der Waals surface area contributed by atoms with E-state index in [4.69, 9.17) is 0 Å². The van der Waals surface area contributed by atoms with Gasteiger partial charge in [0.1, 0.15) is 0 Å². The largest absolute Gasteiger partial charge is 2.00 e. The van der Waals surface area contributed by atoms with Gasteiger partial charge >= 0.3 is 45.5 Å². The van der Waals surface area contributed by atoms with Crippen LogP contribution in [0.15, 0.2) is 48.5 Å². The van der Waals surface area contributed by atoms with E-state index < -0.39 is 0 Å². The second kappa shape index (κ2) is 11.3. The number of hydrogen-bond acceptors (Lipinski definition) is 0. The van der Waals surface area contributed by atoms with Crippen LogP contribution in [-0.2, 0) is 12.8 Å². The van der Waals surface area contributed by atoms with E-state index in [1.807, 2.05) is 0 Å². The second-order valence-corrected chi connectivity index (χ2v) is 4.09. The zero-order valence-electron chi connectivity index (χ0n) is 11.2. The van der Waals surface area contributed by atoms with E-state index in [9.17, 15) is 0 Å². The van der Waals surface area contributed by atoms with Gasteiger partial charge in [0, 0.05) is 0 Å². The van der Waals surface area contributed by atoms with Crippen molar-refractivity contribution in [2.75, 3.05) is 0 Å². The molecular weight excluding hydrogens is 280 g/mol. The molecule has 0 nitrogen and oxygen atoms in total. The molecule has 0 amide bonds. The van der Waals surface area contributed by atoms with E-state index in [1.165, 1.54) is 36.8 Å². The maximum atomic E-state index is 2.20. The van der Waals surface area contributed by atoms with Crippen molar-refractivity contribution in [2.45, 2.75) is 39.5 Å². The van der Waals surface area contributed by atoms with Gasteiger partial charge in [-0.15, -0.1) is 0 Å². The third-order valence-corrected chi connectivity index (χ3v) is 2.54. The summed E-state index contributed by atoms with van der Waals surface area (Å²) in [6, 6.07) is 17.0. The van der Waals surface area contributed by atoms with Crippen molar-refractivity contribution in [1.29, 1.82) is 0 Å². The molecule has 0 saturated carbocycles. The number of aryl methyl sites for hydroxylation is 2. The van der Waals surface area contributed by atoms with E-state index in [0.29, 0.717) is 0 Å². The minimum Gasteiger partial charge on any atom is -0.213 e. The van der Waals surface area contributed by atoms with Gasteiger partial charge in [0.2, 0.25) is 0 Å². The molecule has 0 atom stereocenters. The van der Waals surface area contributed by atoms with E-state index >= 15 is 0 Å². The van der Waals surface area contributed by atoms with Crippen molar-refractivity contribution >= 4 is 45.5 Å². The normalized spacial score (nSPS) is 9.06. The van der Waals surface area contributed by atoms with Gasteiger partial charge in [-0.05, 0) is 0 Å². The standard InChI is InChI=1S/2C8H11.Sr/c2*1-2-5-8-6-3-4-7-8;/h2*3-4,6-7H,2,5H2,1H3;/q2*-1;+2. The number of rotatable bonds is 4. The van der Waals surface area contributed by atoms with E-state index in [1.54, 1.807) is 0 Å². The summed E-state index contributed by atoms with van der Waals surface area (Å²) in [7, 11) is 0. The van der Waals surface area contributed by atoms with Crippen molar-refractivity contribution in [3.63, 3.8) is 0 Å². The Bertz CT molecular complexity index is 293. The van der Waals surface area contributed by atoms with Crippen LogP contribution in [0, 0.1) is 0 Å². The Morgan fingerprint density at radius 3 is 1.18 bits per heavy atom. The quantitative estimate of drug-likeness (QED) is 0.582. The average Bonchev–Trinajstić information content (AvgIpc) is 2.92. The zero-order valence-corrected chi connectivity index (χ0v) is 14.6. The SMILES string of the molecule is CCC[c-]1cccc1.CCC[c-]1cccc1.[Sr+2]. The van der Waals surface area contributed by atoms with Crippen LogP contribution >= 0.6 is 0 Å². The van der Waals surface area contributed by atoms with Gasteiger partial charge in [-0.3, -0.25) is 0 Å². The summed E-state index contributed by atoms with van der Waals surface area (Å²) in [6.45, 7) is 4.40. The minimum atomic E-state index is 0. The van der Waals surface area contributed by atoms with Crippen LogP contribution in [0.5, 0.6) is 0 Å². The van der Waals surface area contributed by atoms with Gasteiger partial charge in [0.15, 0.2) is 0 Å². The van der Waals surface area contributed by atoms with Crippen LogP contribution in [0.2, 0.25) is 0 Å². The van der Waals surface area contributed by atoms with Crippen LogP contribution in [-0.4, -0.2) is 45.5 Å². The molecule has 0 spiro atoms. The van der Waals surface area contributed by atoms with Gasteiger partial charge in [-0.1, -0.05) is 39.5 Å². The molecule has 0 aliphatic rings. The molecule has 0 heterocycles. The predicted octanol–water partition coefficient (Wildman–Crippen LogP) is 4.34. The molecule has 0 radical (unpaired) electrons. The molecule has 0 aliphatic carbocycles. The fraction of sp³-hybridized carbons (Fsp3) is 0.375. The molecule has 0 unspecified atom stereocenters.